The van der Waals surface area contributed by atoms with Crippen LogP contribution in [0.15, 0.2) is 42.5 Å². The first-order chi connectivity index (χ1) is 12.3. The Morgan fingerprint density at radius 3 is 2.38 bits per heavy atom. The van der Waals surface area contributed by atoms with Gasteiger partial charge in [0.25, 0.3) is 0 Å². The molecule has 0 bridgehead atoms. The minimum absolute atomic E-state index is 0.185. The summed E-state index contributed by atoms with van der Waals surface area (Å²) in [7, 11) is 2.10. The number of benzene rings is 2. The van der Waals surface area contributed by atoms with E-state index < -0.39 is 6.36 Å². The normalized spacial score (nSPS) is 18.2. The van der Waals surface area contributed by atoms with Crippen LogP contribution in [0.4, 0.5) is 18.9 Å². The zero-order valence-electron chi connectivity index (χ0n) is 14.5. The standard InChI is InChI=1S/C20H20F3NO2/c1-24-13-19(9-2-3-10-19)17-12-15(7-8-18(17)24)25-14-5-4-6-16(11-14)26-20(21,22)23/h4-8,11-12H,2-3,9-10,13H2,1H3. The lowest BCUT2D eigenvalue weighted by Gasteiger charge is -2.24. The highest BCUT2D eigenvalue weighted by Crippen LogP contribution is 2.51. The maximum atomic E-state index is 12.4. The van der Waals surface area contributed by atoms with E-state index in [0.29, 0.717) is 11.5 Å². The van der Waals surface area contributed by atoms with Gasteiger partial charge in [0.15, 0.2) is 0 Å². The van der Waals surface area contributed by atoms with E-state index >= 15 is 0 Å². The first-order valence-corrected chi connectivity index (χ1v) is 8.74. The van der Waals surface area contributed by atoms with Crippen molar-refractivity contribution in [2.75, 3.05) is 18.5 Å². The molecule has 2 aromatic rings. The Balaban J connectivity index is 1.60. The van der Waals surface area contributed by atoms with Crippen molar-refractivity contribution in [3.8, 4) is 17.2 Å². The van der Waals surface area contributed by atoms with Crippen molar-refractivity contribution in [3.05, 3.63) is 48.0 Å². The molecule has 1 saturated carbocycles. The van der Waals surface area contributed by atoms with Gasteiger partial charge in [-0.15, -0.1) is 13.2 Å². The van der Waals surface area contributed by atoms with Gasteiger partial charge in [-0.2, -0.15) is 0 Å². The molecule has 0 radical (unpaired) electrons. The van der Waals surface area contributed by atoms with E-state index in [9.17, 15) is 13.2 Å². The zero-order valence-corrected chi connectivity index (χ0v) is 14.5. The molecule has 1 spiro atoms. The van der Waals surface area contributed by atoms with Crippen LogP contribution in [0.2, 0.25) is 0 Å². The lowest BCUT2D eigenvalue weighted by Crippen LogP contribution is -2.28. The largest absolute Gasteiger partial charge is 0.573 e. The topological polar surface area (TPSA) is 21.7 Å². The minimum atomic E-state index is -4.72. The van der Waals surface area contributed by atoms with Crippen LogP contribution in [0, 0.1) is 0 Å². The molecule has 6 heteroatoms. The first-order valence-electron chi connectivity index (χ1n) is 8.74. The van der Waals surface area contributed by atoms with Crippen LogP contribution >= 0.6 is 0 Å². The summed E-state index contributed by atoms with van der Waals surface area (Å²) in [5, 5.41) is 0. The van der Waals surface area contributed by atoms with Crippen LogP contribution in [0.25, 0.3) is 0 Å². The van der Waals surface area contributed by atoms with Crippen molar-refractivity contribution in [1.82, 2.24) is 0 Å². The first kappa shape index (κ1) is 17.1. The molecule has 4 rings (SSSR count). The van der Waals surface area contributed by atoms with Gasteiger partial charge in [0, 0.05) is 30.8 Å². The van der Waals surface area contributed by atoms with E-state index in [0.717, 1.165) is 6.54 Å². The smallest absolute Gasteiger partial charge is 0.457 e. The fraction of sp³-hybridized carbons (Fsp3) is 0.400. The molecule has 1 aliphatic heterocycles. The molecule has 0 unspecified atom stereocenters. The summed E-state index contributed by atoms with van der Waals surface area (Å²) in [6.07, 6.45) is 0.0847. The third-order valence-electron chi connectivity index (χ3n) is 5.33. The second-order valence-electron chi connectivity index (χ2n) is 7.15. The number of halogens is 3. The summed E-state index contributed by atoms with van der Waals surface area (Å²) >= 11 is 0. The number of ether oxygens (including phenoxy) is 2. The molecule has 0 saturated heterocycles. The Labute approximate surface area is 150 Å². The molecule has 0 N–H and O–H groups in total. The SMILES string of the molecule is CN1CC2(CCCC2)c2cc(Oc3cccc(OC(F)(F)F)c3)ccc21. The highest BCUT2D eigenvalue weighted by molar-refractivity contribution is 5.64. The average molecular weight is 363 g/mol. The molecule has 1 heterocycles. The van der Waals surface area contributed by atoms with Gasteiger partial charge in [-0.05, 0) is 48.7 Å². The Bertz CT molecular complexity index is 813. The molecule has 1 aliphatic carbocycles. The van der Waals surface area contributed by atoms with Crippen LogP contribution < -0.4 is 14.4 Å². The van der Waals surface area contributed by atoms with E-state index in [-0.39, 0.29) is 11.2 Å². The number of alkyl halides is 3. The molecule has 138 valence electrons. The van der Waals surface area contributed by atoms with Crippen molar-refractivity contribution in [2.45, 2.75) is 37.5 Å². The van der Waals surface area contributed by atoms with Crippen molar-refractivity contribution in [2.24, 2.45) is 0 Å². The molecule has 26 heavy (non-hydrogen) atoms. The van der Waals surface area contributed by atoms with Gasteiger partial charge in [-0.1, -0.05) is 18.9 Å². The van der Waals surface area contributed by atoms with Crippen LogP contribution in [0.3, 0.4) is 0 Å². The molecule has 2 aliphatic rings. The molecule has 0 aromatic heterocycles. The van der Waals surface area contributed by atoms with Gasteiger partial charge in [0.1, 0.15) is 17.2 Å². The van der Waals surface area contributed by atoms with Crippen molar-refractivity contribution < 1.29 is 22.6 Å². The Morgan fingerprint density at radius 1 is 0.962 bits per heavy atom. The highest BCUT2D eigenvalue weighted by atomic mass is 19.4. The Morgan fingerprint density at radius 2 is 1.65 bits per heavy atom. The quantitative estimate of drug-likeness (QED) is 0.704. The lowest BCUT2D eigenvalue weighted by molar-refractivity contribution is -0.274. The number of hydrogen-bond acceptors (Lipinski definition) is 3. The fourth-order valence-corrected chi connectivity index (χ4v) is 4.31. The van der Waals surface area contributed by atoms with E-state index in [1.54, 1.807) is 6.07 Å². The highest BCUT2D eigenvalue weighted by Gasteiger charge is 2.43. The lowest BCUT2D eigenvalue weighted by atomic mass is 9.81. The van der Waals surface area contributed by atoms with Crippen LogP contribution in [-0.2, 0) is 5.41 Å². The van der Waals surface area contributed by atoms with Gasteiger partial charge in [-0.3, -0.25) is 0 Å². The predicted molar refractivity (Wildman–Crippen MR) is 93.1 cm³/mol. The second-order valence-corrected chi connectivity index (χ2v) is 7.15. The summed E-state index contributed by atoms with van der Waals surface area (Å²) in [4.78, 5) is 2.28. The molecule has 2 aromatic carbocycles. The summed E-state index contributed by atoms with van der Waals surface area (Å²) in [5.74, 6) is 0.663. The third-order valence-corrected chi connectivity index (χ3v) is 5.33. The van der Waals surface area contributed by atoms with E-state index in [4.69, 9.17) is 4.74 Å². The number of nitrogens with zero attached hydrogens (tertiary/aromatic N) is 1. The summed E-state index contributed by atoms with van der Waals surface area (Å²) < 4.78 is 47.0. The number of rotatable bonds is 3. The molecule has 3 nitrogen and oxygen atoms in total. The molecule has 0 atom stereocenters. The number of fused-ring (bicyclic) bond motifs is 2. The van der Waals surface area contributed by atoms with Gasteiger partial charge < -0.3 is 14.4 Å². The zero-order chi connectivity index (χ0) is 18.4. The van der Waals surface area contributed by atoms with Crippen LogP contribution in [0.1, 0.15) is 31.2 Å². The predicted octanol–water partition coefficient (Wildman–Crippen LogP) is 5.64. The van der Waals surface area contributed by atoms with E-state index in [2.05, 4.69) is 16.7 Å². The fourth-order valence-electron chi connectivity index (χ4n) is 4.31. The maximum Gasteiger partial charge on any atom is 0.573 e. The average Bonchev–Trinajstić information content (AvgIpc) is 3.12. The van der Waals surface area contributed by atoms with Gasteiger partial charge in [0.05, 0.1) is 0 Å². The number of likely N-dealkylation sites (N-methyl/N-ethyl adjacent to an activating group) is 1. The second kappa shape index (κ2) is 6.11. The van der Waals surface area contributed by atoms with Crippen molar-refractivity contribution in [1.29, 1.82) is 0 Å². The summed E-state index contributed by atoms with van der Waals surface area (Å²) in [6, 6.07) is 11.5. The van der Waals surface area contributed by atoms with E-state index in [1.807, 2.05) is 18.2 Å². The molecular weight excluding hydrogens is 343 g/mol. The summed E-state index contributed by atoms with van der Waals surface area (Å²) in [5.41, 5.74) is 2.69. The van der Waals surface area contributed by atoms with Crippen molar-refractivity contribution >= 4 is 5.69 Å². The van der Waals surface area contributed by atoms with Crippen molar-refractivity contribution in [3.63, 3.8) is 0 Å². The monoisotopic (exact) mass is 363 g/mol. The summed E-state index contributed by atoms with van der Waals surface area (Å²) in [6.45, 7) is 1.01. The Kier molecular flexibility index (Phi) is 4.01. The Hall–Kier alpha value is -2.37. The van der Waals surface area contributed by atoms with Gasteiger partial charge in [0.2, 0.25) is 0 Å². The number of anilines is 1. The molecule has 0 amide bonds. The van der Waals surface area contributed by atoms with E-state index in [1.165, 1.54) is 55.1 Å². The van der Waals surface area contributed by atoms with Crippen LogP contribution in [-0.4, -0.2) is 20.0 Å². The molecule has 1 fully saturated rings. The van der Waals surface area contributed by atoms with Gasteiger partial charge in [-0.25, -0.2) is 0 Å². The third kappa shape index (κ3) is 3.20. The van der Waals surface area contributed by atoms with Crippen LogP contribution in [0.5, 0.6) is 17.2 Å². The molecular formula is C20H20F3NO2. The van der Waals surface area contributed by atoms with Gasteiger partial charge >= 0.3 is 6.36 Å². The number of hydrogen-bond donors (Lipinski definition) is 0. The maximum absolute atomic E-state index is 12.4. The minimum Gasteiger partial charge on any atom is -0.457 e.